The quantitative estimate of drug-likeness (QED) is 0.848. The summed E-state index contributed by atoms with van der Waals surface area (Å²) >= 11 is 0. The zero-order valence-corrected chi connectivity index (χ0v) is 10.7. The molecule has 1 unspecified atom stereocenters. The highest BCUT2D eigenvalue weighted by Crippen LogP contribution is 2.17. The molecule has 2 N–H and O–H groups in total. The predicted molar refractivity (Wildman–Crippen MR) is 70.7 cm³/mol. The second-order valence-corrected chi connectivity index (χ2v) is 4.78. The average molecular weight is 248 g/mol. The van der Waals surface area contributed by atoms with Crippen LogP contribution in [0.3, 0.4) is 0 Å². The maximum atomic E-state index is 11.9. The number of amides is 1. The fraction of sp³-hybridized carbons (Fsp3) is 0.500. The van der Waals surface area contributed by atoms with Gasteiger partial charge >= 0.3 is 0 Å². The summed E-state index contributed by atoms with van der Waals surface area (Å²) < 4.78 is 0. The molecular weight excluding hydrogens is 228 g/mol. The number of hydrogen-bond acceptors (Lipinski definition) is 3. The summed E-state index contributed by atoms with van der Waals surface area (Å²) in [6, 6.07) is 6.63. The fourth-order valence-electron chi connectivity index (χ4n) is 2.36. The van der Waals surface area contributed by atoms with Crippen LogP contribution >= 0.6 is 0 Å². The Morgan fingerprint density at radius 2 is 2.28 bits per heavy atom. The number of phenols is 1. The minimum atomic E-state index is -0.192. The summed E-state index contributed by atoms with van der Waals surface area (Å²) in [5.41, 5.74) is 0.350. The molecule has 1 aliphatic rings. The van der Waals surface area contributed by atoms with Crippen LogP contribution in [0.5, 0.6) is 5.75 Å². The first kappa shape index (κ1) is 12.9. The third-order valence-corrected chi connectivity index (χ3v) is 3.52. The number of nitrogens with one attached hydrogen (secondary N) is 1. The summed E-state index contributed by atoms with van der Waals surface area (Å²) in [6.45, 7) is 6.09. The molecule has 0 aliphatic carbocycles. The van der Waals surface area contributed by atoms with E-state index in [0.717, 1.165) is 26.1 Å². The molecule has 1 aromatic rings. The largest absolute Gasteiger partial charge is 0.507 e. The Morgan fingerprint density at radius 1 is 1.50 bits per heavy atom. The molecule has 18 heavy (non-hydrogen) atoms. The van der Waals surface area contributed by atoms with E-state index in [1.54, 1.807) is 18.2 Å². The first-order chi connectivity index (χ1) is 8.70. The second kappa shape index (κ2) is 5.87. The summed E-state index contributed by atoms with van der Waals surface area (Å²) in [5.74, 6) is 0.374. The van der Waals surface area contributed by atoms with Crippen molar-refractivity contribution >= 4 is 5.91 Å². The molecule has 0 radical (unpaired) electrons. The van der Waals surface area contributed by atoms with E-state index in [0.29, 0.717) is 18.0 Å². The van der Waals surface area contributed by atoms with Gasteiger partial charge in [0.05, 0.1) is 5.56 Å². The number of carbonyl (C=O) groups excluding carboxylic acids is 1. The smallest absolute Gasteiger partial charge is 0.255 e. The van der Waals surface area contributed by atoms with Crippen molar-refractivity contribution < 1.29 is 9.90 Å². The molecule has 1 aliphatic heterocycles. The van der Waals surface area contributed by atoms with Crippen LogP contribution in [0.2, 0.25) is 0 Å². The van der Waals surface area contributed by atoms with Crippen LogP contribution in [0, 0.1) is 5.92 Å². The van der Waals surface area contributed by atoms with Gasteiger partial charge in [0.15, 0.2) is 0 Å². The van der Waals surface area contributed by atoms with Gasteiger partial charge in [-0.1, -0.05) is 19.1 Å². The molecule has 1 amide bonds. The lowest BCUT2D eigenvalue weighted by atomic mass is 10.1. The monoisotopic (exact) mass is 248 g/mol. The molecule has 2 rings (SSSR count). The number of carbonyl (C=O) groups is 1. The molecule has 1 saturated heterocycles. The number of rotatable bonds is 4. The van der Waals surface area contributed by atoms with Gasteiger partial charge < -0.3 is 15.3 Å². The standard InChI is InChI=1S/C14H20N2O2/c1-2-16-8-7-11(10-16)9-15-14(18)12-5-3-4-6-13(12)17/h3-6,11,17H,2,7-10H2,1H3,(H,15,18). The number of aromatic hydroxyl groups is 1. The number of likely N-dealkylation sites (tertiary alicyclic amines) is 1. The van der Waals surface area contributed by atoms with Gasteiger partial charge in [0.1, 0.15) is 5.75 Å². The molecule has 0 bridgehead atoms. The molecule has 4 heteroatoms. The van der Waals surface area contributed by atoms with E-state index in [4.69, 9.17) is 0 Å². The van der Waals surface area contributed by atoms with Crippen LogP contribution in [0.25, 0.3) is 0 Å². The lowest BCUT2D eigenvalue weighted by molar-refractivity contribution is 0.0945. The second-order valence-electron chi connectivity index (χ2n) is 4.78. The highest BCUT2D eigenvalue weighted by atomic mass is 16.3. The van der Waals surface area contributed by atoms with Crippen molar-refractivity contribution in [2.45, 2.75) is 13.3 Å². The first-order valence-corrected chi connectivity index (χ1v) is 6.49. The SMILES string of the molecule is CCN1CCC(CNC(=O)c2ccccc2O)C1. The summed E-state index contributed by atoms with van der Waals surface area (Å²) in [7, 11) is 0. The van der Waals surface area contributed by atoms with E-state index < -0.39 is 0 Å². The topological polar surface area (TPSA) is 52.6 Å². The van der Waals surface area contributed by atoms with Crippen LogP contribution in [0.15, 0.2) is 24.3 Å². The maximum Gasteiger partial charge on any atom is 0.255 e. The number of hydrogen-bond donors (Lipinski definition) is 2. The Balaban J connectivity index is 1.84. The van der Waals surface area contributed by atoms with Gasteiger partial charge in [-0.2, -0.15) is 0 Å². The number of phenolic OH excluding ortho intramolecular Hbond substituents is 1. The summed E-state index contributed by atoms with van der Waals surface area (Å²) in [5, 5.41) is 12.5. The van der Waals surface area contributed by atoms with Gasteiger partial charge in [0.25, 0.3) is 5.91 Å². The van der Waals surface area contributed by atoms with Crippen LogP contribution in [0.1, 0.15) is 23.7 Å². The molecule has 0 spiro atoms. The summed E-state index contributed by atoms with van der Waals surface area (Å²) in [6.07, 6.45) is 1.13. The highest BCUT2D eigenvalue weighted by molar-refractivity contribution is 5.96. The van der Waals surface area contributed by atoms with Crippen molar-refractivity contribution in [1.82, 2.24) is 10.2 Å². The summed E-state index contributed by atoms with van der Waals surface area (Å²) in [4.78, 5) is 14.3. The van der Waals surface area contributed by atoms with E-state index in [2.05, 4.69) is 17.1 Å². The minimum Gasteiger partial charge on any atom is -0.507 e. The number of para-hydroxylation sites is 1. The van der Waals surface area contributed by atoms with E-state index in [-0.39, 0.29) is 11.7 Å². The van der Waals surface area contributed by atoms with Crippen LogP contribution in [0.4, 0.5) is 0 Å². The zero-order chi connectivity index (χ0) is 13.0. The molecule has 0 aromatic heterocycles. The van der Waals surface area contributed by atoms with Crippen LogP contribution in [-0.4, -0.2) is 42.1 Å². The normalized spacial score (nSPS) is 19.9. The number of benzene rings is 1. The third-order valence-electron chi connectivity index (χ3n) is 3.52. The molecule has 98 valence electrons. The van der Waals surface area contributed by atoms with Gasteiger partial charge in [-0.15, -0.1) is 0 Å². The lowest BCUT2D eigenvalue weighted by Crippen LogP contribution is -2.31. The molecule has 1 aromatic carbocycles. The Hall–Kier alpha value is -1.55. The highest BCUT2D eigenvalue weighted by Gasteiger charge is 2.21. The predicted octanol–water partition coefficient (Wildman–Crippen LogP) is 1.46. The number of nitrogens with zero attached hydrogens (tertiary/aromatic N) is 1. The van der Waals surface area contributed by atoms with Gasteiger partial charge in [-0.25, -0.2) is 0 Å². The average Bonchev–Trinajstić information content (AvgIpc) is 2.84. The van der Waals surface area contributed by atoms with Crippen molar-refractivity contribution in [3.63, 3.8) is 0 Å². The van der Waals surface area contributed by atoms with Crippen molar-refractivity contribution in [3.05, 3.63) is 29.8 Å². The molecular formula is C14H20N2O2. The minimum absolute atomic E-state index is 0.0385. The van der Waals surface area contributed by atoms with E-state index >= 15 is 0 Å². The van der Waals surface area contributed by atoms with E-state index in [1.807, 2.05) is 0 Å². The Morgan fingerprint density at radius 3 is 2.94 bits per heavy atom. The van der Waals surface area contributed by atoms with Crippen LogP contribution in [-0.2, 0) is 0 Å². The molecule has 1 heterocycles. The molecule has 4 nitrogen and oxygen atoms in total. The van der Waals surface area contributed by atoms with E-state index in [1.165, 1.54) is 6.07 Å². The van der Waals surface area contributed by atoms with Gasteiger partial charge in [-0.3, -0.25) is 4.79 Å². The van der Waals surface area contributed by atoms with E-state index in [9.17, 15) is 9.90 Å². The third kappa shape index (κ3) is 3.01. The Kier molecular flexibility index (Phi) is 4.20. The van der Waals surface area contributed by atoms with Crippen molar-refractivity contribution in [2.24, 2.45) is 5.92 Å². The molecule has 1 fully saturated rings. The molecule has 0 saturated carbocycles. The Labute approximate surface area is 108 Å². The lowest BCUT2D eigenvalue weighted by Gasteiger charge is -2.14. The fourth-order valence-corrected chi connectivity index (χ4v) is 2.36. The van der Waals surface area contributed by atoms with Gasteiger partial charge in [0.2, 0.25) is 0 Å². The zero-order valence-electron chi connectivity index (χ0n) is 10.7. The Bertz CT molecular complexity index is 420. The van der Waals surface area contributed by atoms with Gasteiger partial charge in [0, 0.05) is 13.1 Å². The van der Waals surface area contributed by atoms with Crippen molar-refractivity contribution in [3.8, 4) is 5.75 Å². The van der Waals surface area contributed by atoms with Crippen LogP contribution < -0.4 is 5.32 Å². The molecule has 1 atom stereocenters. The van der Waals surface area contributed by atoms with Gasteiger partial charge in [-0.05, 0) is 37.6 Å². The van der Waals surface area contributed by atoms with Crippen molar-refractivity contribution in [2.75, 3.05) is 26.2 Å². The van der Waals surface area contributed by atoms with Crippen molar-refractivity contribution in [1.29, 1.82) is 0 Å². The first-order valence-electron chi connectivity index (χ1n) is 6.49. The maximum absolute atomic E-state index is 11.9.